The van der Waals surface area contributed by atoms with Gasteiger partial charge in [0.1, 0.15) is 17.1 Å². The van der Waals surface area contributed by atoms with Gasteiger partial charge in [-0.25, -0.2) is 4.98 Å². The number of hydrogen-bond acceptors (Lipinski definition) is 2. The Morgan fingerprint density at radius 2 is 2.05 bits per heavy atom. The van der Waals surface area contributed by atoms with Crippen molar-refractivity contribution in [3.63, 3.8) is 0 Å². The maximum Gasteiger partial charge on any atom is 0.147 e. The minimum absolute atomic E-state index is 0.599. The largest absolute Gasteiger partial charge is 0.492 e. The molecule has 1 aromatic heterocycles. The molecule has 0 radical (unpaired) electrons. The lowest BCUT2D eigenvalue weighted by Gasteiger charge is -2.08. The van der Waals surface area contributed by atoms with Crippen LogP contribution in [0.5, 0.6) is 5.75 Å². The summed E-state index contributed by atoms with van der Waals surface area (Å²) in [5, 5.41) is 0. The summed E-state index contributed by atoms with van der Waals surface area (Å²) in [7, 11) is 0. The molecule has 21 heavy (non-hydrogen) atoms. The average molecular weight is 309 g/mol. The van der Waals surface area contributed by atoms with Crippen molar-refractivity contribution in [3.8, 4) is 5.75 Å². The molecule has 0 aliphatic heterocycles. The zero-order chi connectivity index (χ0) is 15.1. The molecule has 116 valence electrons. The molecule has 0 unspecified atom stereocenters. The number of ether oxygens (including phenoxy) is 1. The zero-order valence-corrected chi connectivity index (χ0v) is 13.8. The average Bonchev–Trinajstić information content (AvgIpc) is 2.83. The number of aryl methyl sites for hydroxylation is 2. The Balaban J connectivity index is 2.31. The first-order valence-corrected chi connectivity index (χ1v) is 8.52. The van der Waals surface area contributed by atoms with E-state index in [1.807, 2.05) is 19.1 Å². The fourth-order valence-electron chi connectivity index (χ4n) is 2.66. The molecule has 1 aromatic carbocycles. The number of halogens is 1. The second-order valence-electron chi connectivity index (χ2n) is 5.24. The Bertz CT molecular complexity index is 565. The molecule has 0 saturated heterocycles. The number of unbranched alkanes of at least 4 members (excludes halogenated alkanes) is 3. The molecule has 0 atom stereocenters. The van der Waals surface area contributed by atoms with Gasteiger partial charge in [-0.05, 0) is 25.5 Å². The molecule has 1 heterocycles. The summed E-state index contributed by atoms with van der Waals surface area (Å²) >= 11 is 5.94. The van der Waals surface area contributed by atoms with Crippen molar-refractivity contribution in [2.24, 2.45) is 0 Å². The highest BCUT2D eigenvalue weighted by atomic mass is 35.5. The quantitative estimate of drug-likeness (QED) is 0.491. The van der Waals surface area contributed by atoms with Crippen molar-refractivity contribution in [3.05, 3.63) is 24.0 Å². The fraction of sp³-hybridized carbons (Fsp3) is 0.588. The van der Waals surface area contributed by atoms with Gasteiger partial charge in [0.05, 0.1) is 12.1 Å². The number of aromatic nitrogens is 2. The van der Waals surface area contributed by atoms with Gasteiger partial charge in [0.2, 0.25) is 0 Å². The lowest BCUT2D eigenvalue weighted by Crippen LogP contribution is -2.05. The van der Waals surface area contributed by atoms with Crippen molar-refractivity contribution in [1.29, 1.82) is 0 Å². The van der Waals surface area contributed by atoms with Crippen LogP contribution in [0.25, 0.3) is 11.0 Å². The van der Waals surface area contributed by atoms with Crippen LogP contribution in [0, 0.1) is 0 Å². The van der Waals surface area contributed by atoms with Crippen LogP contribution in [-0.2, 0) is 13.0 Å². The van der Waals surface area contributed by atoms with E-state index in [4.69, 9.17) is 21.3 Å². The molecule has 0 bridgehead atoms. The van der Waals surface area contributed by atoms with Gasteiger partial charge < -0.3 is 9.30 Å². The van der Waals surface area contributed by atoms with Gasteiger partial charge in [0.25, 0.3) is 0 Å². The van der Waals surface area contributed by atoms with Gasteiger partial charge in [-0.1, -0.05) is 32.3 Å². The van der Waals surface area contributed by atoms with Crippen molar-refractivity contribution < 1.29 is 4.74 Å². The van der Waals surface area contributed by atoms with Crippen LogP contribution in [0.15, 0.2) is 18.2 Å². The molecule has 0 aliphatic rings. The Labute approximate surface area is 132 Å². The number of rotatable bonds is 9. The van der Waals surface area contributed by atoms with Crippen LogP contribution in [0.2, 0.25) is 0 Å². The van der Waals surface area contributed by atoms with Gasteiger partial charge in [-0.15, -0.1) is 11.6 Å². The summed E-state index contributed by atoms with van der Waals surface area (Å²) in [6.45, 7) is 5.91. The third-order valence-electron chi connectivity index (χ3n) is 3.67. The highest BCUT2D eigenvalue weighted by molar-refractivity contribution is 6.17. The molecular formula is C17H25ClN2O. The van der Waals surface area contributed by atoms with E-state index in [1.165, 1.54) is 25.7 Å². The summed E-state index contributed by atoms with van der Waals surface area (Å²) in [6.07, 6.45) is 5.81. The Morgan fingerprint density at radius 3 is 2.76 bits per heavy atom. The minimum Gasteiger partial charge on any atom is -0.492 e. The van der Waals surface area contributed by atoms with E-state index in [2.05, 4.69) is 17.6 Å². The highest BCUT2D eigenvalue weighted by Gasteiger charge is 2.13. The number of benzene rings is 1. The first kappa shape index (κ1) is 16.2. The van der Waals surface area contributed by atoms with Crippen LogP contribution in [0.3, 0.4) is 0 Å². The monoisotopic (exact) mass is 308 g/mol. The predicted molar refractivity (Wildman–Crippen MR) is 89.5 cm³/mol. The van der Waals surface area contributed by atoms with E-state index in [0.717, 1.165) is 35.6 Å². The maximum absolute atomic E-state index is 5.94. The second kappa shape index (κ2) is 8.28. The number of alkyl halides is 1. The van der Waals surface area contributed by atoms with E-state index in [0.29, 0.717) is 12.5 Å². The molecule has 0 N–H and O–H groups in total. The predicted octanol–water partition coefficient (Wildman–Crippen LogP) is 4.80. The summed E-state index contributed by atoms with van der Waals surface area (Å²) < 4.78 is 8.02. The Morgan fingerprint density at radius 1 is 1.19 bits per heavy atom. The SMILES string of the molecule is CCCCCCn1c(CCCl)nc2c(OCC)cccc21. The second-order valence-corrected chi connectivity index (χ2v) is 5.61. The van der Waals surface area contributed by atoms with Crippen LogP contribution in [0.4, 0.5) is 0 Å². The Kier molecular flexibility index (Phi) is 6.37. The molecule has 3 nitrogen and oxygen atoms in total. The van der Waals surface area contributed by atoms with E-state index in [-0.39, 0.29) is 0 Å². The molecule has 2 rings (SSSR count). The summed E-state index contributed by atoms with van der Waals surface area (Å²) in [5.74, 6) is 2.55. The molecule has 0 amide bonds. The van der Waals surface area contributed by atoms with Gasteiger partial charge >= 0.3 is 0 Å². The van der Waals surface area contributed by atoms with Crippen molar-refractivity contribution in [2.75, 3.05) is 12.5 Å². The van der Waals surface area contributed by atoms with Crippen LogP contribution in [0.1, 0.15) is 45.4 Å². The zero-order valence-electron chi connectivity index (χ0n) is 13.1. The fourth-order valence-corrected chi connectivity index (χ4v) is 2.83. The topological polar surface area (TPSA) is 27.1 Å². The smallest absolute Gasteiger partial charge is 0.147 e. The van der Waals surface area contributed by atoms with Crippen LogP contribution < -0.4 is 4.74 Å². The van der Waals surface area contributed by atoms with Crippen molar-refractivity contribution in [1.82, 2.24) is 9.55 Å². The minimum atomic E-state index is 0.599. The standard InChI is InChI=1S/C17H25ClN2O/c1-3-5-6-7-13-20-14-9-8-10-15(21-4-2)17(14)19-16(20)11-12-18/h8-10H,3-7,11-13H2,1-2H3. The lowest BCUT2D eigenvalue weighted by atomic mass is 10.2. The van der Waals surface area contributed by atoms with Crippen molar-refractivity contribution >= 4 is 22.6 Å². The van der Waals surface area contributed by atoms with Gasteiger partial charge in [-0.3, -0.25) is 0 Å². The molecular weight excluding hydrogens is 284 g/mol. The number of fused-ring (bicyclic) bond motifs is 1. The van der Waals surface area contributed by atoms with Crippen molar-refractivity contribution in [2.45, 2.75) is 52.5 Å². The summed E-state index contributed by atoms with van der Waals surface area (Å²) in [5.41, 5.74) is 2.13. The van der Waals surface area contributed by atoms with Gasteiger partial charge in [-0.2, -0.15) is 0 Å². The molecule has 0 fully saturated rings. The van der Waals surface area contributed by atoms with E-state index >= 15 is 0 Å². The Hall–Kier alpha value is -1.22. The number of para-hydroxylation sites is 1. The molecule has 2 aromatic rings. The number of nitrogens with zero attached hydrogens (tertiary/aromatic N) is 2. The molecule has 0 spiro atoms. The molecule has 0 saturated carbocycles. The first-order chi connectivity index (χ1) is 10.3. The number of hydrogen-bond donors (Lipinski definition) is 0. The van der Waals surface area contributed by atoms with Crippen LogP contribution in [-0.4, -0.2) is 22.0 Å². The lowest BCUT2D eigenvalue weighted by molar-refractivity contribution is 0.343. The van der Waals surface area contributed by atoms with Gasteiger partial charge in [0.15, 0.2) is 0 Å². The summed E-state index contributed by atoms with van der Waals surface area (Å²) in [6, 6.07) is 6.16. The number of imidazole rings is 1. The maximum atomic E-state index is 5.94. The molecule has 4 heteroatoms. The third kappa shape index (κ3) is 3.91. The first-order valence-electron chi connectivity index (χ1n) is 7.98. The third-order valence-corrected chi connectivity index (χ3v) is 3.86. The highest BCUT2D eigenvalue weighted by Crippen LogP contribution is 2.27. The van der Waals surface area contributed by atoms with Crippen LogP contribution >= 0.6 is 11.6 Å². The van der Waals surface area contributed by atoms with E-state index in [1.54, 1.807) is 0 Å². The molecule has 0 aliphatic carbocycles. The van der Waals surface area contributed by atoms with Gasteiger partial charge in [0, 0.05) is 18.8 Å². The normalized spacial score (nSPS) is 11.2. The summed E-state index contributed by atoms with van der Waals surface area (Å²) in [4.78, 5) is 4.77. The van der Waals surface area contributed by atoms with E-state index < -0.39 is 0 Å². The van der Waals surface area contributed by atoms with E-state index in [9.17, 15) is 0 Å².